The van der Waals surface area contributed by atoms with Gasteiger partial charge in [-0.3, -0.25) is 0 Å². The SMILES string of the molecule is CC(C)(C)c1cccc(OS(=O)(=O)c2ccc(Cl)nc2)c1. The van der Waals surface area contributed by atoms with E-state index in [1.807, 2.05) is 26.8 Å². The van der Waals surface area contributed by atoms with Gasteiger partial charge < -0.3 is 4.18 Å². The lowest BCUT2D eigenvalue weighted by Gasteiger charge is -2.19. The average molecular weight is 326 g/mol. The van der Waals surface area contributed by atoms with Crippen molar-refractivity contribution < 1.29 is 12.6 Å². The number of hydrogen-bond acceptors (Lipinski definition) is 4. The van der Waals surface area contributed by atoms with Crippen molar-refractivity contribution in [2.75, 3.05) is 0 Å². The predicted molar refractivity (Wildman–Crippen MR) is 82.2 cm³/mol. The first-order chi connectivity index (χ1) is 9.68. The van der Waals surface area contributed by atoms with Crippen molar-refractivity contribution in [3.05, 3.63) is 53.3 Å². The van der Waals surface area contributed by atoms with Gasteiger partial charge in [0.2, 0.25) is 0 Å². The highest BCUT2D eigenvalue weighted by atomic mass is 35.5. The summed E-state index contributed by atoms with van der Waals surface area (Å²) in [6, 6.07) is 9.80. The standard InChI is InChI=1S/C15H16ClNO3S/c1-15(2,3)11-5-4-6-12(9-11)20-21(18,19)13-7-8-14(16)17-10-13/h4-10H,1-3H3. The second-order valence-corrected chi connectivity index (χ2v) is 7.57. The third kappa shape index (κ3) is 3.95. The predicted octanol–water partition coefficient (Wildman–Crippen LogP) is 3.80. The molecule has 0 amide bonds. The Kier molecular flexibility index (Phi) is 4.25. The summed E-state index contributed by atoms with van der Waals surface area (Å²) in [7, 11) is -3.91. The molecule has 0 aliphatic rings. The van der Waals surface area contributed by atoms with Crippen molar-refractivity contribution in [2.45, 2.75) is 31.1 Å². The fourth-order valence-corrected chi connectivity index (χ4v) is 2.68. The molecule has 1 aromatic carbocycles. The first-order valence-corrected chi connectivity index (χ1v) is 8.14. The zero-order chi connectivity index (χ0) is 15.7. The van der Waals surface area contributed by atoms with E-state index >= 15 is 0 Å². The molecule has 21 heavy (non-hydrogen) atoms. The molecule has 0 saturated heterocycles. The van der Waals surface area contributed by atoms with E-state index in [0.717, 1.165) is 5.56 Å². The monoisotopic (exact) mass is 325 g/mol. The molecule has 0 aliphatic heterocycles. The zero-order valence-electron chi connectivity index (χ0n) is 12.0. The third-order valence-electron chi connectivity index (χ3n) is 2.89. The molecule has 112 valence electrons. The highest BCUT2D eigenvalue weighted by Gasteiger charge is 2.19. The van der Waals surface area contributed by atoms with Crippen LogP contribution in [0.5, 0.6) is 5.75 Å². The molecule has 0 atom stereocenters. The Morgan fingerprint density at radius 1 is 1.14 bits per heavy atom. The molecule has 2 rings (SSSR count). The highest BCUT2D eigenvalue weighted by molar-refractivity contribution is 7.87. The maximum Gasteiger partial charge on any atom is 0.340 e. The van der Waals surface area contributed by atoms with Crippen LogP contribution in [-0.2, 0) is 15.5 Å². The van der Waals surface area contributed by atoms with Crippen LogP contribution >= 0.6 is 11.6 Å². The van der Waals surface area contributed by atoms with Crippen LogP contribution in [-0.4, -0.2) is 13.4 Å². The van der Waals surface area contributed by atoms with E-state index in [1.165, 1.54) is 18.3 Å². The first-order valence-electron chi connectivity index (χ1n) is 6.35. The number of benzene rings is 1. The van der Waals surface area contributed by atoms with Crippen LogP contribution in [0.1, 0.15) is 26.3 Å². The molecule has 2 aromatic rings. The van der Waals surface area contributed by atoms with Crippen molar-refractivity contribution in [2.24, 2.45) is 0 Å². The Labute approximate surface area is 129 Å². The van der Waals surface area contributed by atoms with Crippen LogP contribution in [0, 0.1) is 0 Å². The Bertz CT molecular complexity index is 734. The summed E-state index contributed by atoms with van der Waals surface area (Å²) in [4.78, 5) is 3.72. The Morgan fingerprint density at radius 2 is 1.86 bits per heavy atom. The van der Waals surface area contributed by atoms with Crippen molar-refractivity contribution in [3.8, 4) is 5.75 Å². The van der Waals surface area contributed by atoms with Crippen LogP contribution in [0.4, 0.5) is 0 Å². The van der Waals surface area contributed by atoms with Gasteiger partial charge in [-0.2, -0.15) is 8.42 Å². The summed E-state index contributed by atoms with van der Waals surface area (Å²) >= 11 is 5.65. The Morgan fingerprint density at radius 3 is 2.43 bits per heavy atom. The van der Waals surface area contributed by atoms with E-state index in [1.54, 1.807) is 18.2 Å². The van der Waals surface area contributed by atoms with Crippen molar-refractivity contribution >= 4 is 21.7 Å². The van der Waals surface area contributed by atoms with Gasteiger partial charge in [0, 0.05) is 0 Å². The fraction of sp³-hybridized carbons (Fsp3) is 0.267. The molecule has 0 aliphatic carbocycles. The minimum Gasteiger partial charge on any atom is -0.379 e. The number of rotatable bonds is 3. The molecule has 0 radical (unpaired) electrons. The van der Waals surface area contributed by atoms with Crippen molar-refractivity contribution in [1.82, 2.24) is 4.98 Å². The van der Waals surface area contributed by atoms with Crippen molar-refractivity contribution in [3.63, 3.8) is 0 Å². The quantitative estimate of drug-likeness (QED) is 0.636. The van der Waals surface area contributed by atoms with E-state index in [0.29, 0.717) is 0 Å². The van der Waals surface area contributed by atoms with E-state index < -0.39 is 10.1 Å². The summed E-state index contributed by atoms with van der Waals surface area (Å²) in [6.45, 7) is 6.14. The lowest BCUT2D eigenvalue weighted by Crippen LogP contribution is -2.13. The second kappa shape index (κ2) is 5.66. The maximum absolute atomic E-state index is 12.2. The second-order valence-electron chi connectivity index (χ2n) is 5.63. The van der Waals surface area contributed by atoms with Gasteiger partial charge in [0.25, 0.3) is 0 Å². The number of aromatic nitrogens is 1. The molecule has 0 unspecified atom stereocenters. The van der Waals surface area contributed by atoms with Crippen LogP contribution in [0.25, 0.3) is 0 Å². The van der Waals surface area contributed by atoms with Crippen molar-refractivity contribution in [1.29, 1.82) is 0 Å². The fourth-order valence-electron chi connectivity index (χ4n) is 1.70. The largest absolute Gasteiger partial charge is 0.379 e. The number of pyridine rings is 1. The van der Waals surface area contributed by atoms with Gasteiger partial charge in [-0.05, 0) is 35.2 Å². The lowest BCUT2D eigenvalue weighted by atomic mass is 9.87. The van der Waals surface area contributed by atoms with Gasteiger partial charge in [-0.25, -0.2) is 4.98 Å². The smallest absolute Gasteiger partial charge is 0.340 e. The van der Waals surface area contributed by atoms with Gasteiger partial charge >= 0.3 is 10.1 Å². The summed E-state index contributed by atoms with van der Waals surface area (Å²) in [5, 5.41) is 0.226. The van der Waals surface area contributed by atoms with E-state index in [-0.39, 0.29) is 21.2 Å². The van der Waals surface area contributed by atoms with Gasteiger partial charge in [0.05, 0.1) is 6.20 Å². The van der Waals surface area contributed by atoms with Crippen LogP contribution in [0.3, 0.4) is 0 Å². The zero-order valence-corrected chi connectivity index (χ0v) is 13.6. The summed E-state index contributed by atoms with van der Waals surface area (Å²) in [5.41, 5.74) is 0.898. The van der Waals surface area contributed by atoms with Crippen LogP contribution in [0.15, 0.2) is 47.5 Å². The summed E-state index contributed by atoms with van der Waals surface area (Å²) < 4.78 is 29.5. The Balaban J connectivity index is 2.31. The number of nitrogens with zero attached hydrogens (tertiary/aromatic N) is 1. The van der Waals surface area contributed by atoms with E-state index in [2.05, 4.69) is 4.98 Å². The molecule has 0 saturated carbocycles. The molecule has 1 heterocycles. The number of hydrogen-bond donors (Lipinski definition) is 0. The van der Waals surface area contributed by atoms with E-state index in [4.69, 9.17) is 15.8 Å². The minimum absolute atomic E-state index is 0.0342. The van der Waals surface area contributed by atoms with Gasteiger partial charge in [-0.15, -0.1) is 0 Å². The molecule has 1 aromatic heterocycles. The average Bonchev–Trinajstić information content (AvgIpc) is 2.38. The van der Waals surface area contributed by atoms with Gasteiger partial charge in [0.1, 0.15) is 15.8 Å². The molecule has 0 bridgehead atoms. The molecule has 0 spiro atoms. The van der Waals surface area contributed by atoms with Crippen LogP contribution < -0.4 is 4.18 Å². The maximum atomic E-state index is 12.2. The molecule has 6 heteroatoms. The molecule has 4 nitrogen and oxygen atoms in total. The highest BCUT2D eigenvalue weighted by Crippen LogP contribution is 2.27. The lowest BCUT2D eigenvalue weighted by molar-refractivity contribution is 0.483. The van der Waals surface area contributed by atoms with Gasteiger partial charge in [0.15, 0.2) is 0 Å². The summed E-state index contributed by atoms with van der Waals surface area (Å²) in [5.74, 6) is 0.275. The molecular weight excluding hydrogens is 310 g/mol. The molecular formula is C15H16ClNO3S. The topological polar surface area (TPSA) is 56.3 Å². The minimum atomic E-state index is -3.91. The summed E-state index contributed by atoms with van der Waals surface area (Å²) in [6.07, 6.45) is 1.17. The van der Waals surface area contributed by atoms with E-state index in [9.17, 15) is 8.42 Å². The first kappa shape index (κ1) is 15.8. The third-order valence-corrected chi connectivity index (χ3v) is 4.35. The molecule has 0 fully saturated rings. The Hall–Kier alpha value is -1.59. The normalized spacial score (nSPS) is 12.2. The number of halogens is 1. The molecule has 0 N–H and O–H groups in total. The van der Waals surface area contributed by atoms with Gasteiger partial charge in [-0.1, -0.05) is 44.5 Å². The van der Waals surface area contributed by atoms with Crippen LogP contribution in [0.2, 0.25) is 5.15 Å².